The fraction of sp³-hybridized carbons (Fsp3) is 0.208. The van der Waals surface area contributed by atoms with Gasteiger partial charge in [-0.2, -0.15) is 0 Å². The average molecular weight is 468 g/mol. The van der Waals surface area contributed by atoms with Gasteiger partial charge in [0.05, 0.1) is 16.1 Å². The second kappa shape index (κ2) is 10.4. The summed E-state index contributed by atoms with van der Waals surface area (Å²) in [6.07, 6.45) is 1.67. The van der Waals surface area contributed by atoms with Crippen LogP contribution in [0.5, 0.6) is 0 Å². The molecule has 0 aliphatic rings. The van der Waals surface area contributed by atoms with Crippen molar-refractivity contribution in [3.63, 3.8) is 0 Å². The van der Waals surface area contributed by atoms with Crippen molar-refractivity contribution in [3.05, 3.63) is 72.4 Å². The smallest absolute Gasteiger partial charge is 0.331 e. The van der Waals surface area contributed by atoms with Gasteiger partial charge in [-0.25, -0.2) is 22.9 Å². The second-order valence-corrected chi connectivity index (χ2v) is 9.34. The zero-order chi connectivity index (χ0) is 24.0. The number of carbonyl (C=O) groups is 2. The fourth-order valence-electron chi connectivity index (χ4n) is 2.93. The number of rotatable bonds is 8. The number of carbonyl (C=O) groups excluding carboxylic acids is 2. The zero-order valence-electron chi connectivity index (χ0n) is 18.5. The van der Waals surface area contributed by atoms with E-state index in [0.29, 0.717) is 11.4 Å². The van der Waals surface area contributed by atoms with Crippen LogP contribution in [0.15, 0.2) is 71.6 Å². The van der Waals surface area contributed by atoms with E-state index in [4.69, 9.17) is 4.74 Å². The van der Waals surface area contributed by atoms with Crippen LogP contribution in [0.3, 0.4) is 0 Å². The second-order valence-electron chi connectivity index (χ2n) is 7.63. The number of sulfonamides is 1. The van der Waals surface area contributed by atoms with Crippen molar-refractivity contribution in [1.29, 1.82) is 0 Å². The van der Waals surface area contributed by atoms with Gasteiger partial charge in [0.1, 0.15) is 0 Å². The van der Waals surface area contributed by atoms with Gasteiger partial charge in [-0.05, 0) is 63.2 Å². The molecule has 0 aliphatic heterocycles. The van der Waals surface area contributed by atoms with Gasteiger partial charge >= 0.3 is 5.97 Å². The van der Waals surface area contributed by atoms with Gasteiger partial charge in [-0.15, -0.1) is 0 Å². The first-order valence-corrected chi connectivity index (χ1v) is 11.8. The molecule has 0 spiro atoms. The Morgan fingerprint density at radius 1 is 0.970 bits per heavy atom. The summed E-state index contributed by atoms with van der Waals surface area (Å²) in [5.74, 6) is -1.23. The minimum absolute atomic E-state index is 0.0844. The third-order valence-corrected chi connectivity index (χ3v) is 6.17. The van der Waals surface area contributed by atoms with Crippen molar-refractivity contribution in [1.82, 2.24) is 9.71 Å². The normalized spacial score (nSPS) is 12.7. The largest absolute Gasteiger partial charge is 0.449 e. The van der Waals surface area contributed by atoms with Crippen LogP contribution >= 0.6 is 0 Å². The van der Waals surface area contributed by atoms with E-state index in [1.807, 2.05) is 30.3 Å². The zero-order valence-corrected chi connectivity index (χ0v) is 19.3. The summed E-state index contributed by atoms with van der Waals surface area (Å²) >= 11 is 0. The quantitative estimate of drug-likeness (QED) is 0.387. The van der Waals surface area contributed by atoms with Gasteiger partial charge in [0.2, 0.25) is 10.0 Å². The summed E-state index contributed by atoms with van der Waals surface area (Å²) in [5, 5.41) is 3.58. The highest BCUT2D eigenvalue weighted by molar-refractivity contribution is 7.89. The number of hydrogen-bond acceptors (Lipinski definition) is 6. The third kappa shape index (κ3) is 6.71. The fourth-order valence-corrected chi connectivity index (χ4v) is 4.19. The van der Waals surface area contributed by atoms with Gasteiger partial charge in [-0.3, -0.25) is 4.79 Å². The van der Waals surface area contributed by atoms with Crippen LogP contribution in [-0.4, -0.2) is 37.4 Å². The molecule has 8 nitrogen and oxygen atoms in total. The standard InChI is InChI=1S/C24H25N3O5S/c1-16(2)27-33(30,31)21-13-10-20(11-14-21)26-24(29)17(3)32-23(28)15-12-19-9-8-18-6-4-5-7-22(18)25-19/h4-17,27H,1-3H3,(H,26,29)/b15-12+/t17-/m1/s1. The highest BCUT2D eigenvalue weighted by Gasteiger charge is 2.18. The summed E-state index contributed by atoms with van der Waals surface area (Å²) in [5.41, 5.74) is 1.77. The summed E-state index contributed by atoms with van der Waals surface area (Å²) in [6, 6.07) is 16.8. The molecular weight excluding hydrogens is 442 g/mol. The van der Waals surface area contributed by atoms with Gasteiger partial charge in [-0.1, -0.05) is 24.3 Å². The predicted octanol–water partition coefficient (Wildman–Crippen LogP) is 3.51. The first-order valence-electron chi connectivity index (χ1n) is 10.3. The number of esters is 1. The molecule has 1 aromatic heterocycles. The molecule has 0 saturated heterocycles. The molecule has 0 radical (unpaired) electrons. The Kier molecular flexibility index (Phi) is 7.57. The molecular formula is C24H25N3O5S. The maximum absolute atomic E-state index is 12.3. The van der Waals surface area contributed by atoms with Crippen LogP contribution in [0.4, 0.5) is 5.69 Å². The maximum atomic E-state index is 12.3. The molecule has 0 fully saturated rings. The lowest BCUT2D eigenvalue weighted by Gasteiger charge is -2.13. The molecule has 172 valence electrons. The SMILES string of the molecule is CC(C)NS(=O)(=O)c1ccc(NC(=O)[C@@H](C)OC(=O)/C=C/c2ccc3ccccc3n2)cc1. The van der Waals surface area contributed by atoms with Crippen molar-refractivity contribution in [3.8, 4) is 0 Å². The van der Waals surface area contributed by atoms with Crippen LogP contribution in [-0.2, 0) is 24.3 Å². The van der Waals surface area contributed by atoms with E-state index in [1.54, 1.807) is 19.9 Å². The highest BCUT2D eigenvalue weighted by Crippen LogP contribution is 2.15. The number of nitrogens with one attached hydrogen (secondary N) is 2. The molecule has 1 amide bonds. The topological polar surface area (TPSA) is 114 Å². The van der Waals surface area contributed by atoms with E-state index < -0.39 is 28.0 Å². The molecule has 33 heavy (non-hydrogen) atoms. The molecule has 1 heterocycles. The number of para-hydroxylation sites is 1. The summed E-state index contributed by atoms with van der Waals surface area (Å²) < 4.78 is 32.0. The Hall–Kier alpha value is -3.56. The Balaban J connectivity index is 1.56. The maximum Gasteiger partial charge on any atom is 0.331 e. The molecule has 0 aliphatic carbocycles. The molecule has 3 rings (SSSR count). The number of amides is 1. The number of anilines is 1. The molecule has 2 N–H and O–H groups in total. The van der Waals surface area contributed by atoms with E-state index in [2.05, 4.69) is 15.0 Å². The van der Waals surface area contributed by atoms with Crippen LogP contribution in [0.1, 0.15) is 26.5 Å². The van der Waals surface area contributed by atoms with Crippen LogP contribution < -0.4 is 10.0 Å². The van der Waals surface area contributed by atoms with Crippen molar-refractivity contribution >= 4 is 44.6 Å². The monoisotopic (exact) mass is 467 g/mol. The van der Waals surface area contributed by atoms with Crippen LogP contribution in [0, 0.1) is 0 Å². The van der Waals surface area contributed by atoms with E-state index in [1.165, 1.54) is 43.3 Å². The first-order chi connectivity index (χ1) is 15.6. The lowest BCUT2D eigenvalue weighted by molar-refractivity contribution is -0.148. The molecule has 9 heteroatoms. The van der Waals surface area contributed by atoms with Gasteiger partial charge < -0.3 is 10.1 Å². The molecule has 2 aromatic carbocycles. The lowest BCUT2D eigenvalue weighted by atomic mass is 10.2. The number of pyridine rings is 1. The molecule has 1 atom stereocenters. The third-order valence-electron chi connectivity index (χ3n) is 4.50. The van der Waals surface area contributed by atoms with E-state index in [9.17, 15) is 18.0 Å². The van der Waals surface area contributed by atoms with E-state index in [-0.39, 0.29) is 10.9 Å². The highest BCUT2D eigenvalue weighted by atomic mass is 32.2. The Labute approximate surface area is 192 Å². The first kappa shape index (κ1) is 24.1. The number of nitrogens with zero attached hydrogens (tertiary/aromatic N) is 1. The number of hydrogen-bond donors (Lipinski definition) is 2. The summed E-state index contributed by atoms with van der Waals surface area (Å²) in [4.78, 5) is 29.0. The van der Waals surface area contributed by atoms with Crippen LogP contribution in [0.2, 0.25) is 0 Å². The Morgan fingerprint density at radius 3 is 2.36 bits per heavy atom. The van der Waals surface area contributed by atoms with Crippen molar-refractivity contribution in [2.75, 3.05) is 5.32 Å². The van der Waals surface area contributed by atoms with Gasteiger partial charge in [0, 0.05) is 23.2 Å². The van der Waals surface area contributed by atoms with Gasteiger partial charge in [0.25, 0.3) is 5.91 Å². The van der Waals surface area contributed by atoms with Crippen molar-refractivity contribution in [2.45, 2.75) is 37.8 Å². The minimum atomic E-state index is -3.62. The number of benzene rings is 2. The Bertz CT molecular complexity index is 1280. The van der Waals surface area contributed by atoms with Crippen molar-refractivity contribution in [2.24, 2.45) is 0 Å². The van der Waals surface area contributed by atoms with Gasteiger partial charge in [0.15, 0.2) is 6.10 Å². The predicted molar refractivity (Wildman–Crippen MR) is 127 cm³/mol. The lowest BCUT2D eigenvalue weighted by Crippen LogP contribution is -2.30. The molecule has 3 aromatic rings. The Morgan fingerprint density at radius 2 is 1.67 bits per heavy atom. The van der Waals surface area contributed by atoms with Crippen molar-refractivity contribution < 1.29 is 22.7 Å². The number of ether oxygens (including phenoxy) is 1. The van der Waals surface area contributed by atoms with Crippen LogP contribution in [0.25, 0.3) is 17.0 Å². The molecule has 0 unspecified atom stereocenters. The van der Waals surface area contributed by atoms with E-state index in [0.717, 1.165) is 10.9 Å². The molecule has 0 bridgehead atoms. The summed E-state index contributed by atoms with van der Waals surface area (Å²) in [6.45, 7) is 4.89. The average Bonchev–Trinajstić information content (AvgIpc) is 2.77. The molecule has 0 saturated carbocycles. The minimum Gasteiger partial charge on any atom is -0.449 e. The number of fused-ring (bicyclic) bond motifs is 1. The number of aromatic nitrogens is 1. The van der Waals surface area contributed by atoms with E-state index >= 15 is 0 Å². The summed E-state index contributed by atoms with van der Waals surface area (Å²) in [7, 11) is -3.62.